The molecule has 1 aliphatic rings. The van der Waals surface area contributed by atoms with Gasteiger partial charge in [-0.05, 0) is 37.1 Å². The van der Waals surface area contributed by atoms with Crippen LogP contribution in [0.1, 0.15) is 32.1 Å². The first-order chi connectivity index (χ1) is 10.1. The standard InChI is InChI=1S/C15H21N3O2S/c16-14(21)10-20-13-8-6-12(7-9-13)18-15(19)17-11-4-2-1-3-5-11/h6-9,11H,1-5,10H2,(H2,16,21)(H2,17,18,19). The smallest absolute Gasteiger partial charge is 0.319 e. The highest BCUT2D eigenvalue weighted by Crippen LogP contribution is 2.18. The minimum absolute atomic E-state index is 0.154. The van der Waals surface area contributed by atoms with Gasteiger partial charge in [-0.15, -0.1) is 0 Å². The molecule has 21 heavy (non-hydrogen) atoms. The maximum Gasteiger partial charge on any atom is 0.319 e. The number of amides is 2. The molecular weight excluding hydrogens is 286 g/mol. The Balaban J connectivity index is 1.79. The highest BCUT2D eigenvalue weighted by Gasteiger charge is 2.15. The van der Waals surface area contributed by atoms with Crippen molar-refractivity contribution in [3.63, 3.8) is 0 Å². The number of hydrogen-bond donors (Lipinski definition) is 3. The van der Waals surface area contributed by atoms with Crippen LogP contribution in [0, 0.1) is 0 Å². The first-order valence-electron chi connectivity index (χ1n) is 7.22. The van der Waals surface area contributed by atoms with E-state index in [1.165, 1.54) is 19.3 Å². The van der Waals surface area contributed by atoms with E-state index in [1.807, 2.05) is 0 Å². The number of nitrogens with two attached hydrogens (primary N) is 1. The number of rotatable bonds is 5. The fraction of sp³-hybridized carbons (Fsp3) is 0.467. The van der Waals surface area contributed by atoms with Crippen LogP contribution in [0.3, 0.4) is 0 Å². The zero-order chi connectivity index (χ0) is 15.1. The van der Waals surface area contributed by atoms with Crippen LogP contribution in [0.5, 0.6) is 5.75 Å². The quantitative estimate of drug-likeness (QED) is 0.731. The Morgan fingerprint density at radius 1 is 1.24 bits per heavy atom. The van der Waals surface area contributed by atoms with Crippen molar-refractivity contribution in [1.29, 1.82) is 0 Å². The molecule has 1 aromatic carbocycles. The molecule has 0 aliphatic heterocycles. The van der Waals surface area contributed by atoms with Crippen molar-refractivity contribution < 1.29 is 9.53 Å². The summed E-state index contributed by atoms with van der Waals surface area (Å²) in [5.41, 5.74) is 6.09. The number of carbonyl (C=O) groups excluding carboxylic acids is 1. The number of benzene rings is 1. The molecule has 5 nitrogen and oxygen atoms in total. The van der Waals surface area contributed by atoms with Crippen molar-refractivity contribution in [2.24, 2.45) is 5.73 Å². The van der Waals surface area contributed by atoms with Gasteiger partial charge in [-0.25, -0.2) is 4.79 Å². The van der Waals surface area contributed by atoms with Crippen LogP contribution >= 0.6 is 12.2 Å². The second-order valence-electron chi connectivity index (χ2n) is 5.21. The Morgan fingerprint density at radius 3 is 2.52 bits per heavy atom. The first-order valence-corrected chi connectivity index (χ1v) is 7.63. The lowest BCUT2D eigenvalue weighted by atomic mass is 9.96. The van der Waals surface area contributed by atoms with Crippen molar-refractivity contribution >= 4 is 28.9 Å². The molecule has 0 spiro atoms. The average Bonchev–Trinajstić information content (AvgIpc) is 2.47. The van der Waals surface area contributed by atoms with E-state index >= 15 is 0 Å². The summed E-state index contributed by atoms with van der Waals surface area (Å²) in [6, 6.07) is 7.26. The minimum atomic E-state index is -0.154. The number of anilines is 1. The largest absolute Gasteiger partial charge is 0.487 e. The van der Waals surface area contributed by atoms with Crippen LogP contribution in [0.2, 0.25) is 0 Å². The highest BCUT2D eigenvalue weighted by molar-refractivity contribution is 7.80. The maximum atomic E-state index is 11.9. The van der Waals surface area contributed by atoms with Crippen LogP contribution < -0.4 is 21.1 Å². The second-order valence-corrected chi connectivity index (χ2v) is 5.74. The van der Waals surface area contributed by atoms with Crippen LogP contribution in [0.15, 0.2) is 24.3 Å². The molecule has 0 atom stereocenters. The Bertz CT molecular complexity index is 484. The van der Waals surface area contributed by atoms with Gasteiger partial charge in [-0.2, -0.15) is 0 Å². The molecule has 2 amide bonds. The fourth-order valence-corrected chi connectivity index (χ4v) is 2.45. The van der Waals surface area contributed by atoms with E-state index in [9.17, 15) is 4.79 Å². The van der Waals surface area contributed by atoms with Crippen molar-refractivity contribution in [1.82, 2.24) is 5.32 Å². The minimum Gasteiger partial charge on any atom is -0.487 e. The van der Waals surface area contributed by atoms with E-state index in [4.69, 9.17) is 22.7 Å². The van der Waals surface area contributed by atoms with Gasteiger partial charge < -0.3 is 21.1 Å². The maximum absolute atomic E-state index is 11.9. The van der Waals surface area contributed by atoms with Gasteiger partial charge in [0.2, 0.25) is 0 Å². The summed E-state index contributed by atoms with van der Waals surface area (Å²) in [6.45, 7) is 0.213. The van der Waals surface area contributed by atoms with Crippen LogP contribution in [-0.2, 0) is 0 Å². The number of urea groups is 1. The van der Waals surface area contributed by atoms with Crippen molar-refractivity contribution in [2.75, 3.05) is 11.9 Å². The average molecular weight is 307 g/mol. The van der Waals surface area contributed by atoms with Gasteiger partial charge in [0.25, 0.3) is 0 Å². The van der Waals surface area contributed by atoms with Gasteiger partial charge in [0.1, 0.15) is 17.3 Å². The van der Waals surface area contributed by atoms with Crippen molar-refractivity contribution in [2.45, 2.75) is 38.1 Å². The molecular formula is C15H21N3O2S. The van der Waals surface area contributed by atoms with E-state index in [2.05, 4.69) is 10.6 Å². The number of thiocarbonyl (C=S) groups is 1. The molecule has 1 aromatic rings. The molecule has 0 aromatic heterocycles. The van der Waals surface area contributed by atoms with E-state index in [0.717, 1.165) is 18.5 Å². The van der Waals surface area contributed by atoms with E-state index in [-0.39, 0.29) is 12.6 Å². The van der Waals surface area contributed by atoms with Gasteiger partial charge in [-0.3, -0.25) is 0 Å². The molecule has 1 aliphatic carbocycles. The molecule has 0 unspecified atom stereocenters. The Hall–Kier alpha value is -1.82. The number of ether oxygens (including phenoxy) is 1. The molecule has 0 saturated heterocycles. The zero-order valence-corrected chi connectivity index (χ0v) is 12.7. The molecule has 4 N–H and O–H groups in total. The molecule has 0 bridgehead atoms. The monoisotopic (exact) mass is 307 g/mol. The van der Waals surface area contributed by atoms with Gasteiger partial charge in [0, 0.05) is 11.7 Å². The highest BCUT2D eigenvalue weighted by atomic mass is 32.1. The number of nitrogens with one attached hydrogen (secondary N) is 2. The molecule has 114 valence electrons. The summed E-state index contributed by atoms with van der Waals surface area (Å²) >= 11 is 4.74. The third-order valence-electron chi connectivity index (χ3n) is 3.43. The van der Waals surface area contributed by atoms with E-state index < -0.39 is 0 Å². The Morgan fingerprint density at radius 2 is 1.90 bits per heavy atom. The van der Waals surface area contributed by atoms with Gasteiger partial charge in [-0.1, -0.05) is 31.5 Å². The third kappa shape index (κ3) is 5.59. The van der Waals surface area contributed by atoms with Crippen molar-refractivity contribution in [3.05, 3.63) is 24.3 Å². The number of carbonyl (C=O) groups is 1. The van der Waals surface area contributed by atoms with Gasteiger partial charge in [0.15, 0.2) is 0 Å². The summed E-state index contributed by atoms with van der Waals surface area (Å²) in [5, 5.41) is 5.83. The summed E-state index contributed by atoms with van der Waals surface area (Å²) in [6.07, 6.45) is 5.80. The SMILES string of the molecule is NC(=S)COc1ccc(NC(=O)NC2CCCCC2)cc1. The summed E-state index contributed by atoms with van der Waals surface area (Å²) < 4.78 is 5.35. The lowest BCUT2D eigenvalue weighted by Crippen LogP contribution is -2.38. The molecule has 2 rings (SSSR count). The molecule has 1 saturated carbocycles. The predicted molar refractivity (Wildman–Crippen MR) is 87.7 cm³/mol. The zero-order valence-electron chi connectivity index (χ0n) is 11.9. The Kier molecular flexibility index (Phi) is 5.80. The summed E-state index contributed by atoms with van der Waals surface area (Å²) in [4.78, 5) is 12.2. The topological polar surface area (TPSA) is 76.4 Å². The molecule has 1 fully saturated rings. The summed E-state index contributed by atoms with van der Waals surface area (Å²) in [5.74, 6) is 0.668. The van der Waals surface area contributed by atoms with E-state index in [0.29, 0.717) is 16.8 Å². The third-order valence-corrected chi connectivity index (χ3v) is 3.55. The van der Waals surface area contributed by atoms with Crippen LogP contribution in [0.25, 0.3) is 0 Å². The molecule has 6 heteroatoms. The van der Waals surface area contributed by atoms with E-state index in [1.54, 1.807) is 24.3 Å². The predicted octanol–water partition coefficient (Wildman–Crippen LogP) is 2.81. The van der Waals surface area contributed by atoms with Gasteiger partial charge in [0.05, 0.1) is 0 Å². The summed E-state index contributed by atoms with van der Waals surface area (Å²) in [7, 11) is 0. The van der Waals surface area contributed by atoms with Gasteiger partial charge >= 0.3 is 6.03 Å². The molecule has 0 radical (unpaired) electrons. The lowest BCUT2D eigenvalue weighted by molar-refractivity contribution is 0.244. The molecule has 0 heterocycles. The van der Waals surface area contributed by atoms with Crippen LogP contribution in [0.4, 0.5) is 10.5 Å². The lowest BCUT2D eigenvalue weighted by Gasteiger charge is -2.22. The number of hydrogen-bond acceptors (Lipinski definition) is 3. The second kappa shape index (κ2) is 7.83. The first kappa shape index (κ1) is 15.6. The van der Waals surface area contributed by atoms with Crippen LogP contribution in [-0.4, -0.2) is 23.7 Å². The Labute approximate surface area is 130 Å². The normalized spacial score (nSPS) is 15.2. The van der Waals surface area contributed by atoms with Crippen molar-refractivity contribution in [3.8, 4) is 5.75 Å². The fourth-order valence-electron chi connectivity index (χ4n) is 2.39.